The highest BCUT2D eigenvalue weighted by molar-refractivity contribution is 5.90. The number of benzene rings is 1. The van der Waals surface area contributed by atoms with E-state index in [1.54, 1.807) is 68.1 Å². The Kier molecular flexibility index (Phi) is 18.5. The maximum absolute atomic E-state index is 14.2. The standard InChI is InChI=1S/C40H68N6O8/c1-14-27(6)36(44(11)40(50)34(25(2)3)41-38(48)35(26(4)5)42(8)9)32(53-12)24-33(47)45-22-17-20-31(45)37(54-13)28(7)39(49)43(10)23-21-29-18-15-16-19-30(29)46(51)52/h15-16,18-19,25-28,31-32,34-37H,14,17,20-24H2,1-13H3,(H,41,48)/t27-,28+,31-,32+,34-,35-,36-,37+/m0/s1. The fraction of sp³-hybridized carbons (Fsp3) is 0.750. The van der Waals surface area contributed by atoms with Crippen LogP contribution in [-0.2, 0) is 35.1 Å². The van der Waals surface area contributed by atoms with Crippen LogP contribution in [0.15, 0.2) is 24.3 Å². The summed E-state index contributed by atoms with van der Waals surface area (Å²) in [5.41, 5.74) is 0.572. The number of carbonyl (C=O) groups is 4. The number of para-hydroxylation sites is 1. The normalized spacial score (nSPS) is 18.5. The zero-order valence-electron chi connectivity index (χ0n) is 35.0. The molecule has 0 radical (unpaired) electrons. The van der Waals surface area contributed by atoms with E-state index < -0.39 is 41.2 Å². The summed E-state index contributed by atoms with van der Waals surface area (Å²) in [6.45, 7) is 14.4. The Balaban J connectivity index is 2.25. The van der Waals surface area contributed by atoms with Crippen molar-refractivity contribution in [2.75, 3.05) is 55.5 Å². The van der Waals surface area contributed by atoms with Gasteiger partial charge in [0, 0.05) is 53.0 Å². The van der Waals surface area contributed by atoms with Gasteiger partial charge in [0.05, 0.1) is 47.6 Å². The average Bonchev–Trinajstić information content (AvgIpc) is 3.61. The van der Waals surface area contributed by atoms with Gasteiger partial charge < -0.3 is 29.5 Å². The Hall–Kier alpha value is -3.62. The first-order valence-electron chi connectivity index (χ1n) is 19.4. The number of amides is 4. The minimum absolute atomic E-state index is 0.0168. The van der Waals surface area contributed by atoms with Crippen LogP contribution in [0.1, 0.15) is 79.7 Å². The van der Waals surface area contributed by atoms with Crippen LogP contribution in [0.25, 0.3) is 0 Å². The Labute approximate surface area is 323 Å². The molecule has 0 aromatic heterocycles. The lowest BCUT2D eigenvalue weighted by Gasteiger charge is -2.41. The molecule has 0 aliphatic carbocycles. The summed E-state index contributed by atoms with van der Waals surface area (Å²) in [5.74, 6) is -1.54. The van der Waals surface area contributed by atoms with Crippen molar-refractivity contribution in [3.63, 3.8) is 0 Å². The van der Waals surface area contributed by atoms with Crippen molar-refractivity contribution in [1.82, 2.24) is 24.9 Å². The van der Waals surface area contributed by atoms with Crippen molar-refractivity contribution in [3.05, 3.63) is 39.9 Å². The number of nitrogens with one attached hydrogen (secondary N) is 1. The number of hydrogen-bond acceptors (Lipinski definition) is 9. The third kappa shape index (κ3) is 11.7. The number of ether oxygens (including phenoxy) is 2. The zero-order valence-corrected chi connectivity index (χ0v) is 35.0. The van der Waals surface area contributed by atoms with Crippen molar-refractivity contribution in [3.8, 4) is 0 Å². The summed E-state index contributed by atoms with van der Waals surface area (Å²) in [7, 11) is 10.2. The van der Waals surface area contributed by atoms with Crippen LogP contribution >= 0.6 is 0 Å². The fourth-order valence-electron chi connectivity index (χ4n) is 8.05. The second-order valence-corrected chi connectivity index (χ2v) is 15.9. The van der Waals surface area contributed by atoms with Gasteiger partial charge >= 0.3 is 0 Å². The molecule has 0 unspecified atom stereocenters. The lowest BCUT2D eigenvalue weighted by molar-refractivity contribution is -0.385. The number of carbonyl (C=O) groups excluding carboxylic acids is 4. The fourth-order valence-corrected chi connectivity index (χ4v) is 8.05. The SMILES string of the molecule is CC[C@H](C)[C@@H]([C@@H](CC(=O)N1CCC[C@H]1[C@H](OC)[C@@H](C)C(=O)N(C)CCc1ccccc1[N+](=O)[O-])OC)N(C)C(=O)[C@@H](NC(=O)[C@H](C(C)C)N(C)C)C(C)C. The molecule has 0 spiro atoms. The summed E-state index contributed by atoms with van der Waals surface area (Å²) in [6.07, 6.45) is 1.26. The Bertz CT molecular complexity index is 1400. The van der Waals surface area contributed by atoms with Gasteiger partial charge in [-0.15, -0.1) is 0 Å². The molecule has 14 heteroatoms. The van der Waals surface area contributed by atoms with Gasteiger partial charge in [-0.2, -0.15) is 0 Å². The maximum Gasteiger partial charge on any atom is 0.272 e. The molecule has 306 valence electrons. The van der Waals surface area contributed by atoms with E-state index in [0.717, 1.165) is 12.8 Å². The lowest BCUT2D eigenvalue weighted by Crippen LogP contribution is -2.59. The Morgan fingerprint density at radius 3 is 2.11 bits per heavy atom. The van der Waals surface area contributed by atoms with E-state index >= 15 is 0 Å². The molecule has 4 amide bonds. The van der Waals surface area contributed by atoms with Crippen molar-refractivity contribution in [1.29, 1.82) is 0 Å². The second kappa shape index (κ2) is 21.5. The van der Waals surface area contributed by atoms with Crippen molar-refractivity contribution < 1.29 is 33.6 Å². The number of methoxy groups -OCH3 is 2. The third-order valence-electron chi connectivity index (χ3n) is 11.2. The van der Waals surface area contributed by atoms with Gasteiger partial charge in [-0.1, -0.05) is 73.1 Å². The number of hydrogen-bond donors (Lipinski definition) is 1. The summed E-state index contributed by atoms with van der Waals surface area (Å²) in [6, 6.07) is 4.53. The Morgan fingerprint density at radius 1 is 0.963 bits per heavy atom. The molecular weight excluding hydrogens is 692 g/mol. The molecule has 1 fully saturated rings. The maximum atomic E-state index is 14.2. The van der Waals surface area contributed by atoms with Crippen LogP contribution in [0.2, 0.25) is 0 Å². The third-order valence-corrected chi connectivity index (χ3v) is 11.2. The van der Waals surface area contributed by atoms with Crippen LogP contribution < -0.4 is 5.32 Å². The first-order chi connectivity index (χ1) is 25.3. The number of rotatable bonds is 21. The zero-order chi connectivity index (χ0) is 41.0. The van der Waals surface area contributed by atoms with Gasteiger partial charge in [-0.25, -0.2) is 0 Å². The molecule has 1 heterocycles. The Morgan fingerprint density at radius 2 is 1.59 bits per heavy atom. The molecule has 54 heavy (non-hydrogen) atoms. The molecule has 0 bridgehead atoms. The summed E-state index contributed by atoms with van der Waals surface area (Å²) >= 11 is 0. The predicted molar refractivity (Wildman–Crippen MR) is 210 cm³/mol. The molecule has 14 nitrogen and oxygen atoms in total. The summed E-state index contributed by atoms with van der Waals surface area (Å²) in [4.78, 5) is 73.4. The molecule has 1 aliphatic rings. The molecule has 1 aromatic carbocycles. The van der Waals surface area contributed by atoms with Crippen LogP contribution in [0.5, 0.6) is 0 Å². The van der Waals surface area contributed by atoms with E-state index in [4.69, 9.17) is 9.47 Å². The van der Waals surface area contributed by atoms with Gasteiger partial charge in [-0.3, -0.25) is 34.2 Å². The highest BCUT2D eigenvalue weighted by atomic mass is 16.6. The number of nitro groups is 1. The largest absolute Gasteiger partial charge is 0.379 e. The summed E-state index contributed by atoms with van der Waals surface area (Å²) in [5, 5.41) is 14.5. The topological polar surface area (TPSA) is 155 Å². The van der Waals surface area contributed by atoms with E-state index in [2.05, 4.69) is 5.32 Å². The highest BCUT2D eigenvalue weighted by Crippen LogP contribution is 2.30. The van der Waals surface area contributed by atoms with E-state index in [9.17, 15) is 29.3 Å². The number of nitrogens with zero attached hydrogens (tertiary/aromatic N) is 5. The van der Waals surface area contributed by atoms with Crippen LogP contribution in [0, 0.1) is 33.8 Å². The molecule has 8 atom stereocenters. The van der Waals surface area contributed by atoms with Gasteiger partial charge in [0.15, 0.2) is 0 Å². The first-order valence-corrected chi connectivity index (χ1v) is 19.4. The minimum atomic E-state index is -0.770. The van der Waals surface area contributed by atoms with Gasteiger partial charge in [0.2, 0.25) is 23.6 Å². The van der Waals surface area contributed by atoms with Gasteiger partial charge in [0.1, 0.15) is 6.04 Å². The highest BCUT2D eigenvalue weighted by Gasteiger charge is 2.43. The van der Waals surface area contributed by atoms with Gasteiger partial charge in [0.25, 0.3) is 5.69 Å². The predicted octanol–water partition coefficient (Wildman–Crippen LogP) is 4.24. The molecule has 1 N–H and O–H groups in total. The van der Waals surface area contributed by atoms with E-state index in [1.807, 2.05) is 60.5 Å². The molecule has 2 rings (SSSR count). The number of likely N-dealkylation sites (tertiary alicyclic amines) is 1. The van der Waals surface area contributed by atoms with Crippen LogP contribution in [-0.4, -0.2) is 140 Å². The van der Waals surface area contributed by atoms with Crippen molar-refractivity contribution in [2.45, 2.75) is 117 Å². The average molecular weight is 761 g/mol. The van der Waals surface area contributed by atoms with Crippen LogP contribution in [0.4, 0.5) is 5.69 Å². The van der Waals surface area contributed by atoms with E-state index in [-0.39, 0.29) is 66.1 Å². The minimum Gasteiger partial charge on any atom is -0.379 e. The van der Waals surface area contributed by atoms with Crippen molar-refractivity contribution >= 4 is 29.3 Å². The van der Waals surface area contributed by atoms with E-state index in [0.29, 0.717) is 24.9 Å². The molecular formula is C40H68N6O8. The molecule has 0 saturated carbocycles. The van der Waals surface area contributed by atoms with Crippen molar-refractivity contribution in [2.24, 2.45) is 23.7 Å². The first kappa shape index (κ1) is 46.5. The van der Waals surface area contributed by atoms with Gasteiger partial charge in [-0.05, 0) is 51.1 Å². The quantitative estimate of drug-likeness (QED) is 0.143. The molecule has 1 aliphatic heterocycles. The lowest BCUT2D eigenvalue weighted by atomic mass is 9.89. The monoisotopic (exact) mass is 761 g/mol. The summed E-state index contributed by atoms with van der Waals surface area (Å²) < 4.78 is 12.0. The molecule has 1 saturated heterocycles. The smallest absolute Gasteiger partial charge is 0.272 e. The number of nitro benzene ring substituents is 1. The van der Waals surface area contributed by atoms with E-state index in [1.165, 1.54) is 6.07 Å². The molecule has 1 aromatic rings. The number of likely N-dealkylation sites (N-methyl/N-ethyl adjacent to an activating group) is 3. The van der Waals surface area contributed by atoms with Crippen LogP contribution in [0.3, 0.4) is 0 Å². The second-order valence-electron chi connectivity index (χ2n) is 15.9.